The van der Waals surface area contributed by atoms with Crippen molar-refractivity contribution in [1.29, 1.82) is 0 Å². The lowest BCUT2D eigenvalue weighted by molar-refractivity contribution is -0.113. The second-order valence-electron chi connectivity index (χ2n) is 6.46. The van der Waals surface area contributed by atoms with Gasteiger partial charge in [-0.15, -0.1) is 11.8 Å². The van der Waals surface area contributed by atoms with Crippen LogP contribution in [0, 0.1) is 0 Å². The Morgan fingerprint density at radius 1 is 0.926 bits per heavy atom. The minimum absolute atomic E-state index is 0.0491. The van der Waals surface area contributed by atoms with E-state index in [1.165, 1.54) is 21.2 Å². The van der Waals surface area contributed by atoms with Gasteiger partial charge in [0.05, 0.1) is 5.75 Å². The van der Waals surface area contributed by atoms with Gasteiger partial charge in [-0.2, -0.15) is 0 Å². The van der Waals surface area contributed by atoms with Gasteiger partial charge in [-0.05, 0) is 40.6 Å². The van der Waals surface area contributed by atoms with Crippen molar-refractivity contribution >= 4 is 40.0 Å². The monoisotopic (exact) mass is 378 g/mol. The molecule has 0 radical (unpaired) electrons. The van der Waals surface area contributed by atoms with Crippen LogP contribution in [0.15, 0.2) is 66.7 Å². The molecular formula is C22H22N2O2S. The predicted octanol–water partition coefficient (Wildman–Crippen LogP) is 4.41. The average Bonchev–Trinajstić information content (AvgIpc) is 2.68. The molecule has 3 rings (SSSR count). The van der Waals surface area contributed by atoms with Gasteiger partial charge < -0.3 is 10.2 Å². The van der Waals surface area contributed by atoms with E-state index in [0.29, 0.717) is 17.0 Å². The summed E-state index contributed by atoms with van der Waals surface area (Å²) in [5.41, 5.74) is 2.53. The number of thioether (sulfide) groups is 1. The average molecular weight is 378 g/mol. The van der Waals surface area contributed by atoms with Crippen molar-refractivity contribution in [1.82, 2.24) is 4.90 Å². The van der Waals surface area contributed by atoms with Crippen molar-refractivity contribution in [3.63, 3.8) is 0 Å². The summed E-state index contributed by atoms with van der Waals surface area (Å²) >= 11 is 1.59. The lowest BCUT2D eigenvalue weighted by Gasteiger charge is -2.11. The molecule has 4 nitrogen and oxygen atoms in total. The molecule has 0 unspecified atom stereocenters. The molecule has 0 aliphatic heterocycles. The van der Waals surface area contributed by atoms with Gasteiger partial charge in [-0.3, -0.25) is 9.59 Å². The Morgan fingerprint density at radius 2 is 1.63 bits per heavy atom. The SMILES string of the molecule is CN(C)C(=O)c1ccc(NC(=O)CSCc2cccc3ccccc23)cc1. The van der Waals surface area contributed by atoms with Crippen LogP contribution in [0.25, 0.3) is 10.8 Å². The highest BCUT2D eigenvalue weighted by Crippen LogP contribution is 2.23. The highest BCUT2D eigenvalue weighted by Gasteiger charge is 2.09. The van der Waals surface area contributed by atoms with E-state index in [-0.39, 0.29) is 11.8 Å². The van der Waals surface area contributed by atoms with Crippen LogP contribution in [0.3, 0.4) is 0 Å². The normalized spacial score (nSPS) is 10.6. The molecular weight excluding hydrogens is 356 g/mol. The van der Waals surface area contributed by atoms with Crippen molar-refractivity contribution in [3.8, 4) is 0 Å². The number of rotatable bonds is 6. The highest BCUT2D eigenvalue weighted by atomic mass is 32.2. The molecule has 0 fully saturated rings. The van der Waals surface area contributed by atoms with Gasteiger partial charge in [0, 0.05) is 31.1 Å². The molecule has 5 heteroatoms. The standard InChI is InChI=1S/C22H22N2O2S/c1-24(2)22(26)17-10-12-19(13-11-17)23-21(25)15-27-14-18-8-5-7-16-6-3-4-9-20(16)18/h3-13H,14-15H2,1-2H3,(H,23,25). The van der Waals surface area contributed by atoms with Crippen molar-refractivity contribution in [3.05, 3.63) is 77.9 Å². The van der Waals surface area contributed by atoms with Crippen LogP contribution in [-0.4, -0.2) is 36.6 Å². The van der Waals surface area contributed by atoms with Crippen LogP contribution in [0.4, 0.5) is 5.69 Å². The number of fused-ring (bicyclic) bond motifs is 1. The largest absolute Gasteiger partial charge is 0.345 e. The van der Waals surface area contributed by atoms with E-state index in [0.717, 1.165) is 5.75 Å². The van der Waals surface area contributed by atoms with E-state index in [2.05, 4.69) is 35.6 Å². The lowest BCUT2D eigenvalue weighted by atomic mass is 10.1. The third kappa shape index (κ3) is 4.89. The Labute approximate surface area is 163 Å². The zero-order valence-corrected chi connectivity index (χ0v) is 16.3. The first-order valence-corrected chi connectivity index (χ1v) is 9.86. The molecule has 0 bridgehead atoms. The summed E-state index contributed by atoms with van der Waals surface area (Å²) in [4.78, 5) is 25.6. The number of amides is 2. The lowest BCUT2D eigenvalue weighted by Crippen LogP contribution is -2.21. The maximum absolute atomic E-state index is 12.2. The van der Waals surface area contributed by atoms with E-state index in [1.807, 2.05) is 12.1 Å². The van der Waals surface area contributed by atoms with Crippen molar-refractivity contribution in [2.45, 2.75) is 5.75 Å². The van der Waals surface area contributed by atoms with E-state index in [4.69, 9.17) is 0 Å². The molecule has 0 saturated heterocycles. The third-order valence-corrected chi connectivity index (χ3v) is 5.17. The van der Waals surface area contributed by atoms with Crippen LogP contribution < -0.4 is 5.32 Å². The zero-order valence-electron chi connectivity index (χ0n) is 15.4. The van der Waals surface area contributed by atoms with Gasteiger partial charge in [0.2, 0.25) is 5.91 Å². The second kappa shape index (κ2) is 8.73. The number of carbonyl (C=O) groups excluding carboxylic acids is 2. The number of anilines is 1. The minimum atomic E-state index is -0.0569. The predicted molar refractivity (Wildman–Crippen MR) is 113 cm³/mol. The third-order valence-electron chi connectivity index (χ3n) is 4.19. The molecule has 27 heavy (non-hydrogen) atoms. The van der Waals surface area contributed by atoms with Gasteiger partial charge >= 0.3 is 0 Å². The van der Waals surface area contributed by atoms with Gasteiger partial charge in [0.15, 0.2) is 0 Å². The van der Waals surface area contributed by atoms with E-state index in [1.54, 1.807) is 50.1 Å². The Morgan fingerprint density at radius 3 is 2.37 bits per heavy atom. The fraction of sp³-hybridized carbons (Fsp3) is 0.182. The first kappa shape index (κ1) is 19.0. The summed E-state index contributed by atoms with van der Waals surface area (Å²) in [6.45, 7) is 0. The van der Waals surface area contributed by atoms with Crippen LogP contribution in [-0.2, 0) is 10.5 Å². The van der Waals surface area contributed by atoms with E-state index < -0.39 is 0 Å². The molecule has 0 aliphatic carbocycles. The van der Waals surface area contributed by atoms with Gasteiger partial charge in [0.1, 0.15) is 0 Å². The molecule has 1 N–H and O–H groups in total. The van der Waals surface area contributed by atoms with Gasteiger partial charge in [-0.25, -0.2) is 0 Å². The topological polar surface area (TPSA) is 49.4 Å². The number of benzene rings is 3. The first-order valence-electron chi connectivity index (χ1n) is 8.70. The maximum atomic E-state index is 12.2. The molecule has 0 atom stereocenters. The van der Waals surface area contributed by atoms with Crippen molar-refractivity contribution in [2.75, 3.05) is 25.2 Å². The smallest absolute Gasteiger partial charge is 0.253 e. The maximum Gasteiger partial charge on any atom is 0.253 e. The molecule has 0 heterocycles. The minimum Gasteiger partial charge on any atom is -0.345 e. The van der Waals surface area contributed by atoms with Crippen LogP contribution >= 0.6 is 11.8 Å². The van der Waals surface area contributed by atoms with E-state index in [9.17, 15) is 9.59 Å². The highest BCUT2D eigenvalue weighted by molar-refractivity contribution is 7.99. The van der Waals surface area contributed by atoms with Crippen molar-refractivity contribution < 1.29 is 9.59 Å². The first-order chi connectivity index (χ1) is 13.0. The summed E-state index contributed by atoms with van der Waals surface area (Å²) in [5, 5.41) is 5.32. The Balaban J connectivity index is 1.53. The Hall–Kier alpha value is -2.79. The zero-order chi connectivity index (χ0) is 19.2. The fourth-order valence-electron chi connectivity index (χ4n) is 2.82. The molecule has 0 saturated carbocycles. The molecule has 3 aromatic carbocycles. The molecule has 138 valence electrons. The number of carbonyl (C=O) groups is 2. The summed E-state index contributed by atoms with van der Waals surface area (Å²) < 4.78 is 0. The number of nitrogens with zero attached hydrogens (tertiary/aromatic N) is 1. The molecule has 2 amide bonds. The van der Waals surface area contributed by atoms with Crippen LogP contribution in [0.2, 0.25) is 0 Å². The number of hydrogen-bond donors (Lipinski definition) is 1. The van der Waals surface area contributed by atoms with E-state index >= 15 is 0 Å². The van der Waals surface area contributed by atoms with Gasteiger partial charge in [-0.1, -0.05) is 42.5 Å². The van der Waals surface area contributed by atoms with Gasteiger partial charge in [0.25, 0.3) is 5.91 Å². The molecule has 0 spiro atoms. The second-order valence-corrected chi connectivity index (χ2v) is 7.44. The van der Waals surface area contributed by atoms with Crippen LogP contribution in [0.1, 0.15) is 15.9 Å². The summed E-state index contributed by atoms with van der Waals surface area (Å²) in [5.74, 6) is 1.05. The summed E-state index contributed by atoms with van der Waals surface area (Å²) in [6, 6.07) is 21.5. The summed E-state index contributed by atoms with van der Waals surface area (Å²) in [6.07, 6.45) is 0. The Kier molecular flexibility index (Phi) is 6.14. The summed E-state index contributed by atoms with van der Waals surface area (Å²) in [7, 11) is 3.43. The molecule has 3 aromatic rings. The van der Waals surface area contributed by atoms with Crippen LogP contribution in [0.5, 0.6) is 0 Å². The number of nitrogens with one attached hydrogen (secondary N) is 1. The quantitative estimate of drug-likeness (QED) is 0.691. The Bertz CT molecular complexity index is 947. The fourth-order valence-corrected chi connectivity index (χ4v) is 3.65. The number of hydrogen-bond acceptors (Lipinski definition) is 3. The molecule has 0 aromatic heterocycles. The van der Waals surface area contributed by atoms with Crippen molar-refractivity contribution in [2.24, 2.45) is 0 Å². The molecule has 0 aliphatic rings.